The standard InChI is InChI=1S/C14H16N6O/c1-4-20-12-6-5-10(7-11(12)17-19-20)14(21)15-13-8(2)9(3)16-18-13/h5-7H,4H2,1-3H3,(H2,15,16,18,21). The summed E-state index contributed by atoms with van der Waals surface area (Å²) in [6.45, 7) is 6.56. The van der Waals surface area contributed by atoms with Crippen molar-refractivity contribution in [3.05, 3.63) is 35.0 Å². The van der Waals surface area contributed by atoms with Crippen molar-refractivity contribution in [3.8, 4) is 0 Å². The molecule has 2 aromatic heterocycles. The van der Waals surface area contributed by atoms with Crippen molar-refractivity contribution in [2.75, 3.05) is 5.32 Å². The zero-order valence-electron chi connectivity index (χ0n) is 12.1. The summed E-state index contributed by atoms with van der Waals surface area (Å²) in [7, 11) is 0. The third-order valence-electron chi connectivity index (χ3n) is 3.56. The first-order valence-electron chi connectivity index (χ1n) is 6.76. The van der Waals surface area contributed by atoms with E-state index in [4.69, 9.17) is 0 Å². The van der Waals surface area contributed by atoms with Crippen molar-refractivity contribution in [1.82, 2.24) is 25.2 Å². The molecule has 1 aromatic carbocycles. The number of aromatic nitrogens is 5. The number of carbonyl (C=O) groups is 1. The van der Waals surface area contributed by atoms with Gasteiger partial charge in [0.15, 0.2) is 5.82 Å². The van der Waals surface area contributed by atoms with Crippen LogP contribution in [0.15, 0.2) is 18.2 Å². The van der Waals surface area contributed by atoms with E-state index in [0.29, 0.717) is 16.9 Å². The van der Waals surface area contributed by atoms with Gasteiger partial charge in [-0.15, -0.1) is 5.10 Å². The minimum atomic E-state index is -0.211. The summed E-state index contributed by atoms with van der Waals surface area (Å²) in [6.07, 6.45) is 0. The van der Waals surface area contributed by atoms with Gasteiger partial charge in [-0.3, -0.25) is 9.89 Å². The topological polar surface area (TPSA) is 88.5 Å². The molecule has 0 radical (unpaired) electrons. The van der Waals surface area contributed by atoms with Crippen LogP contribution in [0.3, 0.4) is 0 Å². The van der Waals surface area contributed by atoms with Crippen LogP contribution in [0, 0.1) is 13.8 Å². The number of nitrogens with zero attached hydrogens (tertiary/aromatic N) is 4. The molecule has 0 fully saturated rings. The summed E-state index contributed by atoms with van der Waals surface area (Å²) in [5.74, 6) is 0.340. The summed E-state index contributed by atoms with van der Waals surface area (Å²) in [6, 6.07) is 5.36. The molecule has 108 valence electrons. The number of fused-ring (bicyclic) bond motifs is 1. The Labute approximate surface area is 121 Å². The molecule has 0 aliphatic carbocycles. The first kappa shape index (κ1) is 13.3. The van der Waals surface area contributed by atoms with E-state index in [1.54, 1.807) is 16.8 Å². The van der Waals surface area contributed by atoms with Gasteiger partial charge in [0, 0.05) is 23.4 Å². The van der Waals surface area contributed by atoms with Crippen molar-refractivity contribution in [1.29, 1.82) is 0 Å². The molecule has 0 atom stereocenters. The molecular formula is C14H16N6O. The Morgan fingerprint density at radius 2 is 2.19 bits per heavy atom. The number of nitrogens with one attached hydrogen (secondary N) is 2. The molecule has 7 nitrogen and oxygen atoms in total. The Bertz CT molecular complexity index is 816. The van der Waals surface area contributed by atoms with Gasteiger partial charge >= 0.3 is 0 Å². The van der Waals surface area contributed by atoms with E-state index in [1.807, 2.05) is 26.8 Å². The van der Waals surface area contributed by atoms with E-state index in [-0.39, 0.29) is 5.91 Å². The Balaban J connectivity index is 1.89. The van der Waals surface area contributed by atoms with Crippen LogP contribution in [0.25, 0.3) is 11.0 Å². The SMILES string of the molecule is CCn1nnc2cc(C(=O)Nc3n[nH]c(C)c3C)ccc21. The van der Waals surface area contributed by atoms with E-state index < -0.39 is 0 Å². The predicted octanol–water partition coefficient (Wildman–Crippen LogP) is 2.04. The van der Waals surface area contributed by atoms with Crippen LogP contribution in [0.1, 0.15) is 28.5 Å². The molecule has 0 spiro atoms. The van der Waals surface area contributed by atoms with Crippen LogP contribution < -0.4 is 5.32 Å². The number of anilines is 1. The fourth-order valence-electron chi connectivity index (χ4n) is 2.13. The second-order valence-electron chi connectivity index (χ2n) is 4.89. The van der Waals surface area contributed by atoms with Gasteiger partial charge in [0.1, 0.15) is 5.52 Å². The quantitative estimate of drug-likeness (QED) is 0.770. The Hall–Kier alpha value is -2.70. The third kappa shape index (κ3) is 2.26. The minimum Gasteiger partial charge on any atom is -0.305 e. The van der Waals surface area contributed by atoms with Crippen molar-refractivity contribution < 1.29 is 4.79 Å². The van der Waals surface area contributed by atoms with Crippen LogP contribution in [-0.2, 0) is 6.54 Å². The smallest absolute Gasteiger partial charge is 0.256 e. The maximum atomic E-state index is 12.3. The van der Waals surface area contributed by atoms with E-state index in [0.717, 1.165) is 23.3 Å². The number of H-pyrrole nitrogens is 1. The number of carbonyl (C=O) groups excluding carboxylic acids is 1. The zero-order chi connectivity index (χ0) is 15.0. The lowest BCUT2D eigenvalue weighted by Crippen LogP contribution is -2.13. The number of rotatable bonds is 3. The van der Waals surface area contributed by atoms with Gasteiger partial charge in [-0.1, -0.05) is 5.21 Å². The van der Waals surface area contributed by atoms with Gasteiger partial charge in [-0.2, -0.15) is 5.10 Å². The Morgan fingerprint density at radius 3 is 2.86 bits per heavy atom. The highest BCUT2D eigenvalue weighted by Crippen LogP contribution is 2.17. The third-order valence-corrected chi connectivity index (χ3v) is 3.56. The average molecular weight is 284 g/mol. The Morgan fingerprint density at radius 1 is 1.38 bits per heavy atom. The van der Waals surface area contributed by atoms with Crippen LogP contribution >= 0.6 is 0 Å². The van der Waals surface area contributed by atoms with Crippen LogP contribution in [0.2, 0.25) is 0 Å². The van der Waals surface area contributed by atoms with Crippen LogP contribution in [-0.4, -0.2) is 31.1 Å². The monoisotopic (exact) mass is 284 g/mol. The lowest BCUT2D eigenvalue weighted by Gasteiger charge is -2.03. The highest BCUT2D eigenvalue weighted by molar-refractivity contribution is 6.05. The fourth-order valence-corrected chi connectivity index (χ4v) is 2.13. The van der Waals surface area contributed by atoms with Gasteiger partial charge in [-0.25, -0.2) is 4.68 Å². The maximum Gasteiger partial charge on any atom is 0.256 e. The first-order valence-corrected chi connectivity index (χ1v) is 6.76. The second-order valence-corrected chi connectivity index (χ2v) is 4.89. The number of hydrogen-bond acceptors (Lipinski definition) is 4. The maximum absolute atomic E-state index is 12.3. The van der Waals surface area contributed by atoms with Gasteiger partial charge in [-0.05, 0) is 39.0 Å². The van der Waals surface area contributed by atoms with Gasteiger partial charge in [0.2, 0.25) is 0 Å². The summed E-state index contributed by atoms with van der Waals surface area (Å²) in [5, 5.41) is 17.8. The summed E-state index contributed by atoms with van der Waals surface area (Å²) < 4.78 is 1.79. The van der Waals surface area contributed by atoms with Gasteiger partial charge in [0.05, 0.1) is 5.52 Å². The summed E-state index contributed by atoms with van der Waals surface area (Å²) in [4.78, 5) is 12.3. The molecule has 3 rings (SSSR count). The Kier molecular flexibility index (Phi) is 3.17. The van der Waals surface area contributed by atoms with E-state index >= 15 is 0 Å². The molecule has 0 saturated heterocycles. The largest absolute Gasteiger partial charge is 0.305 e. The lowest BCUT2D eigenvalue weighted by molar-refractivity contribution is 0.102. The zero-order valence-corrected chi connectivity index (χ0v) is 12.1. The van der Waals surface area contributed by atoms with Crippen molar-refractivity contribution >= 4 is 22.8 Å². The summed E-state index contributed by atoms with van der Waals surface area (Å²) in [5.41, 5.74) is 4.03. The molecule has 0 saturated carbocycles. The van der Waals surface area contributed by atoms with E-state index in [9.17, 15) is 4.79 Å². The molecule has 1 amide bonds. The minimum absolute atomic E-state index is 0.211. The number of hydrogen-bond donors (Lipinski definition) is 2. The molecule has 2 N–H and O–H groups in total. The average Bonchev–Trinajstić information content (AvgIpc) is 3.04. The molecular weight excluding hydrogens is 268 g/mol. The number of benzene rings is 1. The van der Waals surface area contributed by atoms with E-state index in [1.165, 1.54) is 0 Å². The van der Waals surface area contributed by atoms with Crippen LogP contribution in [0.5, 0.6) is 0 Å². The van der Waals surface area contributed by atoms with Gasteiger partial charge < -0.3 is 5.32 Å². The second kappa shape index (κ2) is 5.01. The molecule has 0 aliphatic heterocycles. The van der Waals surface area contributed by atoms with Crippen molar-refractivity contribution in [3.63, 3.8) is 0 Å². The van der Waals surface area contributed by atoms with Gasteiger partial charge in [0.25, 0.3) is 5.91 Å². The molecule has 21 heavy (non-hydrogen) atoms. The van der Waals surface area contributed by atoms with Crippen LogP contribution in [0.4, 0.5) is 5.82 Å². The molecule has 3 aromatic rings. The van der Waals surface area contributed by atoms with Crippen molar-refractivity contribution in [2.24, 2.45) is 0 Å². The normalized spacial score (nSPS) is 11.0. The number of aromatic amines is 1. The van der Waals surface area contributed by atoms with E-state index in [2.05, 4.69) is 25.8 Å². The number of aryl methyl sites for hydroxylation is 2. The molecule has 7 heteroatoms. The van der Waals surface area contributed by atoms with Crippen molar-refractivity contribution in [2.45, 2.75) is 27.3 Å². The first-order chi connectivity index (χ1) is 10.1. The molecule has 0 unspecified atom stereocenters. The lowest BCUT2D eigenvalue weighted by atomic mass is 10.2. The predicted molar refractivity (Wildman–Crippen MR) is 79.2 cm³/mol. The molecule has 0 bridgehead atoms. The molecule has 0 aliphatic rings. The summed E-state index contributed by atoms with van der Waals surface area (Å²) >= 11 is 0. The highest BCUT2D eigenvalue weighted by atomic mass is 16.1. The fraction of sp³-hybridized carbons (Fsp3) is 0.286. The number of amides is 1. The molecule has 2 heterocycles. The highest BCUT2D eigenvalue weighted by Gasteiger charge is 2.13.